The highest BCUT2D eigenvalue weighted by molar-refractivity contribution is 5.95. The Morgan fingerprint density at radius 2 is 2.16 bits per heavy atom. The van der Waals surface area contributed by atoms with Crippen LogP contribution in [0, 0.1) is 0 Å². The Hall–Kier alpha value is -2.48. The van der Waals surface area contributed by atoms with Crippen molar-refractivity contribution in [1.82, 2.24) is 14.5 Å². The average molecular weight is 345 g/mol. The lowest BCUT2D eigenvalue weighted by Gasteiger charge is -2.26. The van der Waals surface area contributed by atoms with Gasteiger partial charge >= 0.3 is 0 Å². The summed E-state index contributed by atoms with van der Waals surface area (Å²) < 4.78 is 6.94. The zero-order valence-corrected chi connectivity index (χ0v) is 14.3. The molecule has 1 aliphatic carbocycles. The number of aromatic nitrogens is 3. The number of nitrogens with one attached hydrogen (secondary N) is 1. The molecule has 1 saturated carbocycles. The molecule has 2 aromatic rings. The molecule has 3 N–H and O–H groups in total. The van der Waals surface area contributed by atoms with Gasteiger partial charge in [0.05, 0.1) is 12.0 Å². The maximum absolute atomic E-state index is 12.5. The summed E-state index contributed by atoms with van der Waals surface area (Å²) in [5.74, 6) is -0.293. The van der Waals surface area contributed by atoms with E-state index in [1.807, 2.05) is 4.57 Å². The molecule has 1 fully saturated rings. The third-order valence-electron chi connectivity index (χ3n) is 4.59. The van der Waals surface area contributed by atoms with Crippen LogP contribution in [0.3, 0.4) is 0 Å². The van der Waals surface area contributed by atoms with E-state index in [4.69, 9.17) is 10.5 Å². The number of nitrogens with two attached hydrogens (primary N) is 1. The van der Waals surface area contributed by atoms with Crippen LogP contribution >= 0.6 is 0 Å². The van der Waals surface area contributed by atoms with E-state index < -0.39 is 11.3 Å². The van der Waals surface area contributed by atoms with Gasteiger partial charge in [-0.15, -0.1) is 0 Å². The number of nitrogens with zero attached hydrogens (tertiary/aromatic N) is 3. The summed E-state index contributed by atoms with van der Waals surface area (Å²) in [5, 5.41) is 3.39. The van der Waals surface area contributed by atoms with Crippen LogP contribution in [0.4, 0.5) is 5.95 Å². The summed E-state index contributed by atoms with van der Waals surface area (Å²) in [6.45, 7) is 1.09. The maximum atomic E-state index is 12.5. The van der Waals surface area contributed by atoms with Crippen molar-refractivity contribution in [2.45, 2.75) is 38.1 Å². The van der Waals surface area contributed by atoms with Gasteiger partial charge in [-0.25, -0.2) is 4.98 Å². The fourth-order valence-electron chi connectivity index (χ4n) is 3.30. The first kappa shape index (κ1) is 17.3. The lowest BCUT2D eigenvalue weighted by Crippen LogP contribution is -2.27. The largest absolute Gasteiger partial charge is 0.383 e. The van der Waals surface area contributed by atoms with Gasteiger partial charge in [0, 0.05) is 32.1 Å². The van der Waals surface area contributed by atoms with E-state index in [9.17, 15) is 9.59 Å². The first-order chi connectivity index (χ1) is 12.1. The number of rotatable bonds is 6. The summed E-state index contributed by atoms with van der Waals surface area (Å²) in [4.78, 5) is 32.9. The quantitative estimate of drug-likeness (QED) is 0.767. The highest BCUT2D eigenvalue weighted by atomic mass is 16.5. The third-order valence-corrected chi connectivity index (χ3v) is 4.59. The fourth-order valence-corrected chi connectivity index (χ4v) is 3.30. The lowest BCUT2D eigenvalue weighted by atomic mass is 9.95. The molecule has 1 amide bonds. The molecule has 8 nitrogen and oxygen atoms in total. The average Bonchev–Trinajstić information content (AvgIpc) is 2.62. The number of hydrogen-bond donors (Lipinski definition) is 2. The number of pyridine rings is 1. The molecule has 3 rings (SSSR count). The van der Waals surface area contributed by atoms with Gasteiger partial charge in [-0.1, -0.05) is 19.3 Å². The Labute approximate surface area is 145 Å². The van der Waals surface area contributed by atoms with E-state index in [-0.39, 0.29) is 11.6 Å². The number of fused-ring (bicyclic) bond motifs is 1. The van der Waals surface area contributed by atoms with Crippen LogP contribution in [0.2, 0.25) is 0 Å². The van der Waals surface area contributed by atoms with Crippen molar-refractivity contribution >= 4 is 22.9 Å². The highest BCUT2D eigenvalue weighted by Gasteiger charge is 2.21. The predicted octanol–water partition coefficient (Wildman–Crippen LogP) is 1.45. The molecule has 0 radical (unpaired) electrons. The number of amides is 1. The Morgan fingerprint density at radius 3 is 2.84 bits per heavy atom. The minimum Gasteiger partial charge on any atom is -0.383 e. The van der Waals surface area contributed by atoms with E-state index in [0.717, 1.165) is 25.7 Å². The molecule has 0 saturated heterocycles. The number of carbonyl (C=O) groups is 1. The van der Waals surface area contributed by atoms with Gasteiger partial charge < -0.3 is 20.4 Å². The summed E-state index contributed by atoms with van der Waals surface area (Å²) >= 11 is 0. The number of ether oxygens (including phenoxy) is 1. The standard InChI is InChI=1S/C17H23N5O3/c1-25-8-7-19-17-20-9-12-14(23)13(15(18)24)10-22(16(12)21-17)11-5-3-2-4-6-11/h9-11H,2-8H2,1H3,(H2,18,24)(H,19,20,21). The topological polar surface area (TPSA) is 112 Å². The molecular formula is C17H23N5O3. The zero-order chi connectivity index (χ0) is 17.8. The number of anilines is 1. The SMILES string of the molecule is COCCNc1ncc2c(=O)c(C(N)=O)cn(C3CCCCC3)c2n1. The van der Waals surface area contributed by atoms with E-state index in [1.54, 1.807) is 13.3 Å². The maximum Gasteiger partial charge on any atom is 0.254 e. The van der Waals surface area contributed by atoms with Gasteiger partial charge in [0.1, 0.15) is 11.2 Å². The highest BCUT2D eigenvalue weighted by Crippen LogP contribution is 2.30. The van der Waals surface area contributed by atoms with Crippen LogP contribution in [0.15, 0.2) is 17.2 Å². The van der Waals surface area contributed by atoms with Gasteiger partial charge in [0.25, 0.3) is 5.91 Å². The molecule has 0 aliphatic heterocycles. The number of methoxy groups -OCH3 is 1. The van der Waals surface area contributed by atoms with Gasteiger partial charge in [0.15, 0.2) is 0 Å². The molecule has 0 spiro atoms. The van der Waals surface area contributed by atoms with Gasteiger partial charge in [-0.3, -0.25) is 9.59 Å². The van der Waals surface area contributed by atoms with Crippen LogP contribution < -0.4 is 16.5 Å². The van der Waals surface area contributed by atoms with E-state index >= 15 is 0 Å². The van der Waals surface area contributed by atoms with Crippen LogP contribution in [-0.2, 0) is 4.74 Å². The first-order valence-electron chi connectivity index (χ1n) is 8.56. The molecule has 0 bridgehead atoms. The molecule has 2 heterocycles. The van der Waals surface area contributed by atoms with E-state index in [1.165, 1.54) is 12.6 Å². The Morgan fingerprint density at radius 1 is 1.40 bits per heavy atom. The van der Waals surface area contributed by atoms with Crippen LogP contribution in [-0.4, -0.2) is 40.7 Å². The number of hydrogen-bond acceptors (Lipinski definition) is 6. The Balaban J connectivity index is 2.11. The van der Waals surface area contributed by atoms with Gasteiger partial charge in [-0.05, 0) is 12.8 Å². The first-order valence-corrected chi connectivity index (χ1v) is 8.56. The molecule has 1 aliphatic rings. The van der Waals surface area contributed by atoms with E-state index in [2.05, 4.69) is 15.3 Å². The van der Waals surface area contributed by atoms with Crippen molar-refractivity contribution in [3.05, 3.63) is 28.2 Å². The second-order valence-corrected chi connectivity index (χ2v) is 6.29. The van der Waals surface area contributed by atoms with Crippen molar-refractivity contribution in [3.8, 4) is 0 Å². The second-order valence-electron chi connectivity index (χ2n) is 6.29. The van der Waals surface area contributed by atoms with Crippen LogP contribution in [0.25, 0.3) is 11.0 Å². The molecule has 134 valence electrons. The molecule has 8 heteroatoms. The van der Waals surface area contributed by atoms with Crippen molar-refractivity contribution in [2.24, 2.45) is 5.73 Å². The zero-order valence-electron chi connectivity index (χ0n) is 14.3. The molecule has 0 aromatic carbocycles. The summed E-state index contributed by atoms with van der Waals surface area (Å²) in [7, 11) is 1.62. The molecule has 0 unspecified atom stereocenters. The summed E-state index contributed by atoms with van der Waals surface area (Å²) in [5.41, 5.74) is 5.50. The second kappa shape index (κ2) is 7.60. The molecule has 25 heavy (non-hydrogen) atoms. The number of primary amides is 1. The van der Waals surface area contributed by atoms with Crippen LogP contribution in [0.1, 0.15) is 48.5 Å². The minimum absolute atomic E-state index is 0.0123. The fraction of sp³-hybridized carbons (Fsp3) is 0.529. The van der Waals surface area contributed by atoms with E-state index in [0.29, 0.717) is 30.1 Å². The van der Waals surface area contributed by atoms with Crippen molar-refractivity contribution in [3.63, 3.8) is 0 Å². The normalized spacial score (nSPS) is 15.4. The predicted molar refractivity (Wildman–Crippen MR) is 94.8 cm³/mol. The Bertz CT molecular complexity index is 827. The molecular weight excluding hydrogens is 322 g/mol. The van der Waals surface area contributed by atoms with Crippen molar-refractivity contribution in [1.29, 1.82) is 0 Å². The smallest absolute Gasteiger partial charge is 0.254 e. The number of carbonyl (C=O) groups excluding carboxylic acids is 1. The van der Waals surface area contributed by atoms with Gasteiger partial charge in [-0.2, -0.15) is 4.98 Å². The van der Waals surface area contributed by atoms with Crippen LogP contribution in [0.5, 0.6) is 0 Å². The lowest BCUT2D eigenvalue weighted by molar-refractivity contribution is 0.0998. The van der Waals surface area contributed by atoms with Crippen molar-refractivity contribution < 1.29 is 9.53 Å². The van der Waals surface area contributed by atoms with Gasteiger partial charge in [0.2, 0.25) is 11.4 Å². The molecule has 2 aromatic heterocycles. The summed E-state index contributed by atoms with van der Waals surface area (Å²) in [6.07, 6.45) is 8.46. The molecule has 0 atom stereocenters. The minimum atomic E-state index is -0.723. The summed E-state index contributed by atoms with van der Waals surface area (Å²) in [6, 6.07) is 0.205. The third kappa shape index (κ3) is 3.63. The monoisotopic (exact) mass is 345 g/mol. The Kier molecular flexibility index (Phi) is 5.28. The van der Waals surface area contributed by atoms with Crippen molar-refractivity contribution in [2.75, 3.05) is 25.6 Å².